The summed E-state index contributed by atoms with van der Waals surface area (Å²) in [6, 6.07) is 0. The Morgan fingerprint density at radius 3 is 2.92 bits per heavy atom. The van der Waals surface area contributed by atoms with E-state index < -0.39 is 0 Å². The minimum Gasteiger partial charge on any atom is -0.0985 e. The van der Waals surface area contributed by atoms with E-state index in [1.54, 1.807) is 6.08 Å². The number of rotatable bonds is 2. The summed E-state index contributed by atoms with van der Waals surface area (Å²) < 4.78 is 0. The highest BCUT2D eigenvalue weighted by Crippen LogP contribution is 2.15. The van der Waals surface area contributed by atoms with Crippen molar-refractivity contribution in [1.29, 1.82) is 0 Å². The molecule has 0 spiro atoms. The quantitative estimate of drug-likeness (QED) is 0.540. The zero-order valence-corrected chi connectivity index (χ0v) is 7.46. The first kappa shape index (κ1) is 8.79. The predicted octanol–water partition coefficient (Wildman–Crippen LogP) is 3.42. The summed E-state index contributed by atoms with van der Waals surface area (Å²) in [5, 5.41) is 0. The van der Waals surface area contributed by atoms with Gasteiger partial charge in [0.05, 0.1) is 0 Å². The fraction of sp³-hybridized carbons (Fsp3) is 0.167. The molecule has 0 nitrogen and oxygen atoms in total. The maximum Gasteiger partial charge on any atom is -0.00754 e. The van der Waals surface area contributed by atoms with Gasteiger partial charge in [-0.25, -0.2) is 0 Å². The van der Waals surface area contributed by atoms with Gasteiger partial charge in [0.1, 0.15) is 0 Å². The molecule has 0 saturated carbocycles. The average Bonchev–Trinajstić information content (AvgIpc) is 2.29. The molecule has 62 valence electrons. The van der Waals surface area contributed by atoms with Crippen molar-refractivity contribution in [1.82, 2.24) is 0 Å². The number of hydrogen-bond donors (Lipinski definition) is 0. The molecule has 1 aliphatic carbocycles. The van der Waals surface area contributed by atoms with Crippen LogP contribution >= 0.6 is 0 Å². The molecule has 0 amide bonds. The van der Waals surface area contributed by atoms with Gasteiger partial charge in [0, 0.05) is 0 Å². The Bertz CT molecular complexity index is 274. The maximum absolute atomic E-state index is 3.89. The molecular formula is C12H14. The van der Waals surface area contributed by atoms with Crippen LogP contribution in [-0.4, -0.2) is 0 Å². The van der Waals surface area contributed by atoms with Gasteiger partial charge in [-0.05, 0) is 17.1 Å². The van der Waals surface area contributed by atoms with Crippen LogP contribution in [0.3, 0.4) is 0 Å². The molecule has 0 aromatic rings. The molecule has 0 aliphatic heterocycles. The van der Waals surface area contributed by atoms with Crippen LogP contribution in [0.2, 0.25) is 0 Å². The molecular weight excluding hydrogens is 144 g/mol. The van der Waals surface area contributed by atoms with E-state index in [1.807, 2.05) is 0 Å². The summed E-state index contributed by atoms with van der Waals surface area (Å²) in [5.74, 6) is 0.511. The van der Waals surface area contributed by atoms with Gasteiger partial charge >= 0.3 is 0 Å². The normalized spacial score (nSPS) is 21.4. The van der Waals surface area contributed by atoms with Crippen LogP contribution in [0.5, 0.6) is 0 Å². The Balaban J connectivity index is 2.86. The fourth-order valence-corrected chi connectivity index (χ4v) is 1.04. The topological polar surface area (TPSA) is 0 Å². The molecule has 1 atom stereocenters. The summed E-state index contributed by atoms with van der Waals surface area (Å²) in [4.78, 5) is 0. The third-order valence-electron chi connectivity index (χ3n) is 1.89. The standard InChI is InChI=1S/C12H14/c1-4-11(3)12-7-5-6-10(2)8-9-12/h4-10H,1,3H2,2H3. The van der Waals surface area contributed by atoms with Gasteiger partial charge in [-0.3, -0.25) is 0 Å². The zero-order chi connectivity index (χ0) is 8.97. The Morgan fingerprint density at radius 2 is 2.25 bits per heavy atom. The molecule has 0 radical (unpaired) electrons. The molecule has 12 heavy (non-hydrogen) atoms. The lowest BCUT2D eigenvalue weighted by molar-refractivity contribution is 0.942. The fourth-order valence-electron chi connectivity index (χ4n) is 1.04. The summed E-state index contributed by atoms with van der Waals surface area (Å²) >= 11 is 0. The first-order valence-corrected chi connectivity index (χ1v) is 4.12. The van der Waals surface area contributed by atoms with Crippen LogP contribution in [0.1, 0.15) is 6.92 Å². The van der Waals surface area contributed by atoms with Crippen LogP contribution in [0.15, 0.2) is 60.8 Å². The summed E-state index contributed by atoms with van der Waals surface area (Å²) in [5.41, 5.74) is 2.12. The highest BCUT2D eigenvalue weighted by atomic mass is 14.0. The van der Waals surface area contributed by atoms with Crippen molar-refractivity contribution in [2.75, 3.05) is 0 Å². The van der Waals surface area contributed by atoms with Crippen LogP contribution in [0.25, 0.3) is 0 Å². The van der Waals surface area contributed by atoms with Crippen LogP contribution in [0, 0.1) is 5.92 Å². The highest BCUT2D eigenvalue weighted by molar-refractivity contribution is 5.46. The van der Waals surface area contributed by atoms with Gasteiger partial charge < -0.3 is 0 Å². The highest BCUT2D eigenvalue weighted by Gasteiger charge is 1.97. The smallest absolute Gasteiger partial charge is 0.00754 e. The van der Waals surface area contributed by atoms with E-state index >= 15 is 0 Å². The van der Waals surface area contributed by atoms with Gasteiger partial charge in [-0.2, -0.15) is 0 Å². The maximum atomic E-state index is 3.89. The molecule has 0 aromatic heterocycles. The second-order valence-corrected chi connectivity index (χ2v) is 2.95. The van der Waals surface area contributed by atoms with E-state index in [0.29, 0.717) is 5.92 Å². The lowest BCUT2D eigenvalue weighted by Crippen LogP contribution is -1.80. The number of hydrogen-bond acceptors (Lipinski definition) is 0. The lowest BCUT2D eigenvalue weighted by Gasteiger charge is -1.98. The average molecular weight is 158 g/mol. The van der Waals surface area contributed by atoms with Gasteiger partial charge in [0.2, 0.25) is 0 Å². The third-order valence-corrected chi connectivity index (χ3v) is 1.89. The first-order chi connectivity index (χ1) is 5.74. The third kappa shape index (κ3) is 2.09. The van der Waals surface area contributed by atoms with Gasteiger partial charge in [0.15, 0.2) is 0 Å². The van der Waals surface area contributed by atoms with Crippen molar-refractivity contribution in [3.8, 4) is 0 Å². The van der Waals surface area contributed by atoms with Gasteiger partial charge in [-0.1, -0.05) is 56.5 Å². The molecule has 0 aromatic carbocycles. The molecule has 1 rings (SSSR count). The summed E-state index contributed by atoms with van der Waals surface area (Å²) in [6.45, 7) is 9.73. The van der Waals surface area contributed by atoms with E-state index in [9.17, 15) is 0 Å². The SMILES string of the molecule is C=CC(=C)C1=CC=CC(C)C=C1. The van der Waals surface area contributed by atoms with E-state index in [0.717, 1.165) is 11.1 Å². The van der Waals surface area contributed by atoms with Crippen molar-refractivity contribution < 1.29 is 0 Å². The second kappa shape index (κ2) is 3.91. The molecule has 0 fully saturated rings. The predicted molar refractivity (Wildman–Crippen MR) is 54.9 cm³/mol. The van der Waals surface area contributed by atoms with Crippen LogP contribution < -0.4 is 0 Å². The van der Waals surface area contributed by atoms with Crippen molar-refractivity contribution in [2.45, 2.75) is 6.92 Å². The van der Waals surface area contributed by atoms with Crippen molar-refractivity contribution in [3.63, 3.8) is 0 Å². The monoisotopic (exact) mass is 158 g/mol. The van der Waals surface area contributed by atoms with Gasteiger partial charge in [0.25, 0.3) is 0 Å². The molecule has 0 bridgehead atoms. The Hall–Kier alpha value is -1.30. The van der Waals surface area contributed by atoms with Crippen molar-refractivity contribution >= 4 is 0 Å². The first-order valence-electron chi connectivity index (χ1n) is 4.12. The van der Waals surface area contributed by atoms with Gasteiger partial charge in [-0.15, -0.1) is 0 Å². The molecule has 0 heterocycles. The van der Waals surface area contributed by atoms with Crippen LogP contribution in [0.4, 0.5) is 0 Å². The second-order valence-electron chi connectivity index (χ2n) is 2.95. The zero-order valence-electron chi connectivity index (χ0n) is 7.46. The van der Waals surface area contributed by atoms with Crippen LogP contribution in [-0.2, 0) is 0 Å². The van der Waals surface area contributed by atoms with E-state index in [1.165, 1.54) is 0 Å². The van der Waals surface area contributed by atoms with Crippen molar-refractivity contribution in [2.24, 2.45) is 5.92 Å². The minimum absolute atomic E-state index is 0.511. The Morgan fingerprint density at radius 1 is 1.50 bits per heavy atom. The summed E-state index contributed by atoms with van der Waals surface area (Å²) in [6.07, 6.45) is 12.3. The Kier molecular flexibility index (Phi) is 2.87. The van der Waals surface area contributed by atoms with E-state index in [2.05, 4.69) is 50.5 Å². The largest absolute Gasteiger partial charge is 0.0985 e. The van der Waals surface area contributed by atoms with Crippen molar-refractivity contribution in [3.05, 3.63) is 60.8 Å². The lowest BCUT2D eigenvalue weighted by atomic mass is 10.1. The minimum atomic E-state index is 0.511. The molecule has 1 aliphatic rings. The molecule has 1 unspecified atom stereocenters. The van der Waals surface area contributed by atoms with E-state index in [4.69, 9.17) is 0 Å². The number of allylic oxidation sites excluding steroid dienone is 8. The van der Waals surface area contributed by atoms with E-state index in [-0.39, 0.29) is 0 Å². The molecule has 0 N–H and O–H groups in total. The molecule has 0 heteroatoms. The summed E-state index contributed by atoms with van der Waals surface area (Å²) in [7, 11) is 0. The molecule has 0 saturated heterocycles. The Labute approximate surface area is 74.3 Å².